The summed E-state index contributed by atoms with van der Waals surface area (Å²) in [7, 11) is -3.51. The third kappa shape index (κ3) is 2.97. The van der Waals surface area contributed by atoms with Gasteiger partial charge in [-0.2, -0.15) is 9.40 Å². The number of aromatic nitrogens is 2. The van der Waals surface area contributed by atoms with Crippen molar-refractivity contribution in [1.29, 1.82) is 0 Å². The molecule has 0 radical (unpaired) electrons. The Hall–Kier alpha value is -0.960. The fourth-order valence-corrected chi connectivity index (χ4v) is 3.72. The zero-order chi connectivity index (χ0) is 14.0. The molecule has 1 aromatic heterocycles. The second kappa shape index (κ2) is 5.58. The normalized spacial score (nSPS) is 25.6. The Labute approximate surface area is 113 Å². The highest BCUT2D eigenvalue weighted by Crippen LogP contribution is 2.21. The van der Waals surface area contributed by atoms with Crippen molar-refractivity contribution in [3.05, 3.63) is 12.4 Å². The van der Waals surface area contributed by atoms with E-state index < -0.39 is 10.0 Å². The third-order valence-electron chi connectivity index (χ3n) is 3.12. The molecule has 0 saturated carbocycles. The molecule has 0 aromatic carbocycles. The van der Waals surface area contributed by atoms with E-state index in [4.69, 9.17) is 10.5 Å². The van der Waals surface area contributed by atoms with Crippen molar-refractivity contribution in [1.82, 2.24) is 14.1 Å². The van der Waals surface area contributed by atoms with Crippen molar-refractivity contribution in [3.63, 3.8) is 0 Å². The number of ether oxygens (including phenoxy) is 1. The van der Waals surface area contributed by atoms with Gasteiger partial charge < -0.3 is 10.5 Å². The molecule has 1 aromatic rings. The molecule has 2 heterocycles. The van der Waals surface area contributed by atoms with Crippen LogP contribution >= 0.6 is 0 Å². The van der Waals surface area contributed by atoms with E-state index in [2.05, 4.69) is 5.10 Å². The summed E-state index contributed by atoms with van der Waals surface area (Å²) in [5, 5.41) is 4.01. The van der Waals surface area contributed by atoms with Crippen molar-refractivity contribution >= 4 is 10.0 Å². The van der Waals surface area contributed by atoms with Crippen molar-refractivity contribution in [2.75, 3.05) is 19.7 Å². The molecule has 0 spiro atoms. The van der Waals surface area contributed by atoms with Gasteiger partial charge in [0, 0.05) is 25.3 Å². The van der Waals surface area contributed by atoms with Crippen LogP contribution in [0, 0.1) is 0 Å². The topological polar surface area (TPSA) is 90.5 Å². The minimum atomic E-state index is -3.51. The molecule has 2 N–H and O–H groups in total. The first kappa shape index (κ1) is 14.4. The van der Waals surface area contributed by atoms with Gasteiger partial charge in [-0.1, -0.05) is 0 Å². The number of sulfonamides is 1. The Morgan fingerprint density at radius 2 is 2.26 bits per heavy atom. The summed E-state index contributed by atoms with van der Waals surface area (Å²) in [5.41, 5.74) is 5.42. The molecular formula is C11H20N4O3S. The van der Waals surface area contributed by atoms with Gasteiger partial charge in [-0.3, -0.25) is 4.68 Å². The Morgan fingerprint density at radius 3 is 2.95 bits per heavy atom. The van der Waals surface area contributed by atoms with E-state index in [1.807, 2.05) is 13.8 Å². The standard InChI is InChI=1S/C11H20N4O3S/c1-9-8-18-10(2)6-15(9)19(16,17)11-5-13-14(7-11)4-3-12/h5,7,9-10H,3-4,6,8,12H2,1-2H3. The molecule has 1 saturated heterocycles. The van der Waals surface area contributed by atoms with E-state index in [1.54, 1.807) is 4.68 Å². The molecule has 0 bridgehead atoms. The van der Waals surface area contributed by atoms with Crippen LogP contribution in [-0.4, -0.2) is 54.3 Å². The van der Waals surface area contributed by atoms with Crippen LogP contribution in [0.15, 0.2) is 17.3 Å². The van der Waals surface area contributed by atoms with Crippen LogP contribution in [0.1, 0.15) is 13.8 Å². The van der Waals surface area contributed by atoms with Gasteiger partial charge in [-0.05, 0) is 13.8 Å². The van der Waals surface area contributed by atoms with Crippen LogP contribution in [0.2, 0.25) is 0 Å². The van der Waals surface area contributed by atoms with Gasteiger partial charge in [-0.15, -0.1) is 0 Å². The van der Waals surface area contributed by atoms with Crippen LogP contribution < -0.4 is 5.73 Å². The number of hydrogen-bond acceptors (Lipinski definition) is 5. The van der Waals surface area contributed by atoms with Crippen LogP contribution in [0.25, 0.3) is 0 Å². The first-order chi connectivity index (χ1) is 8.95. The molecule has 1 fully saturated rings. The van der Waals surface area contributed by atoms with Crippen LogP contribution in [-0.2, 0) is 21.3 Å². The van der Waals surface area contributed by atoms with Crippen LogP contribution in [0.4, 0.5) is 0 Å². The lowest BCUT2D eigenvalue weighted by atomic mass is 10.2. The quantitative estimate of drug-likeness (QED) is 0.817. The number of hydrogen-bond donors (Lipinski definition) is 1. The van der Waals surface area contributed by atoms with Gasteiger partial charge in [0.2, 0.25) is 10.0 Å². The summed E-state index contributed by atoms with van der Waals surface area (Å²) in [4.78, 5) is 0.210. The minimum absolute atomic E-state index is 0.0925. The average molecular weight is 288 g/mol. The molecule has 8 heteroatoms. The summed E-state index contributed by atoms with van der Waals surface area (Å²) < 4.78 is 33.6. The Balaban J connectivity index is 2.24. The van der Waals surface area contributed by atoms with Gasteiger partial charge >= 0.3 is 0 Å². The number of nitrogens with two attached hydrogens (primary N) is 1. The smallest absolute Gasteiger partial charge is 0.246 e. The fraction of sp³-hybridized carbons (Fsp3) is 0.727. The van der Waals surface area contributed by atoms with Crippen molar-refractivity contribution in [3.8, 4) is 0 Å². The minimum Gasteiger partial charge on any atom is -0.375 e. The number of morpholine rings is 1. The molecule has 0 amide bonds. The van der Waals surface area contributed by atoms with Gasteiger partial charge in [0.1, 0.15) is 4.90 Å². The summed E-state index contributed by atoms with van der Waals surface area (Å²) in [6.07, 6.45) is 2.80. The molecule has 7 nitrogen and oxygen atoms in total. The first-order valence-electron chi connectivity index (χ1n) is 6.31. The summed E-state index contributed by atoms with van der Waals surface area (Å²) >= 11 is 0. The van der Waals surface area contributed by atoms with E-state index in [-0.39, 0.29) is 17.0 Å². The Bertz CT molecular complexity index is 528. The van der Waals surface area contributed by atoms with E-state index >= 15 is 0 Å². The molecule has 0 aliphatic carbocycles. The maximum Gasteiger partial charge on any atom is 0.246 e. The first-order valence-corrected chi connectivity index (χ1v) is 7.75. The second-order valence-corrected chi connectivity index (χ2v) is 6.69. The van der Waals surface area contributed by atoms with Crippen molar-refractivity contribution in [2.24, 2.45) is 5.73 Å². The highest BCUT2D eigenvalue weighted by atomic mass is 32.2. The van der Waals surface area contributed by atoms with Crippen molar-refractivity contribution < 1.29 is 13.2 Å². The highest BCUT2D eigenvalue weighted by Gasteiger charge is 2.34. The van der Waals surface area contributed by atoms with Crippen molar-refractivity contribution in [2.45, 2.75) is 37.4 Å². The lowest BCUT2D eigenvalue weighted by Gasteiger charge is -2.35. The monoisotopic (exact) mass is 288 g/mol. The Morgan fingerprint density at radius 1 is 1.53 bits per heavy atom. The van der Waals surface area contributed by atoms with Gasteiger partial charge in [0.15, 0.2) is 0 Å². The van der Waals surface area contributed by atoms with E-state index in [0.29, 0.717) is 26.2 Å². The molecule has 108 valence electrons. The fourth-order valence-electron chi connectivity index (χ4n) is 2.08. The van der Waals surface area contributed by atoms with E-state index in [9.17, 15) is 8.42 Å². The van der Waals surface area contributed by atoms with E-state index in [0.717, 1.165) is 0 Å². The average Bonchev–Trinajstić information content (AvgIpc) is 2.82. The van der Waals surface area contributed by atoms with Crippen LogP contribution in [0.3, 0.4) is 0 Å². The Kier molecular flexibility index (Phi) is 4.24. The lowest BCUT2D eigenvalue weighted by molar-refractivity contribution is -0.0170. The molecule has 2 atom stereocenters. The largest absolute Gasteiger partial charge is 0.375 e. The molecule has 1 aliphatic heterocycles. The number of rotatable bonds is 4. The van der Waals surface area contributed by atoms with E-state index in [1.165, 1.54) is 16.7 Å². The summed E-state index contributed by atoms with van der Waals surface area (Å²) in [5.74, 6) is 0. The third-order valence-corrected chi connectivity index (χ3v) is 5.06. The van der Waals surface area contributed by atoms with Crippen LogP contribution in [0.5, 0.6) is 0 Å². The maximum absolute atomic E-state index is 12.5. The maximum atomic E-state index is 12.5. The lowest BCUT2D eigenvalue weighted by Crippen LogP contribution is -2.49. The molecular weight excluding hydrogens is 268 g/mol. The molecule has 2 unspecified atom stereocenters. The predicted octanol–water partition coefficient (Wildman–Crippen LogP) is -0.360. The molecule has 1 aliphatic rings. The van der Waals surface area contributed by atoms with Gasteiger partial charge in [0.05, 0.1) is 25.5 Å². The molecule has 19 heavy (non-hydrogen) atoms. The SMILES string of the molecule is CC1CN(S(=O)(=O)c2cnn(CCN)c2)C(C)CO1. The zero-order valence-electron chi connectivity index (χ0n) is 11.2. The van der Waals surface area contributed by atoms with Gasteiger partial charge in [0.25, 0.3) is 0 Å². The van der Waals surface area contributed by atoms with Gasteiger partial charge in [-0.25, -0.2) is 8.42 Å². The zero-order valence-corrected chi connectivity index (χ0v) is 12.0. The second-order valence-electron chi connectivity index (χ2n) is 4.80. The summed E-state index contributed by atoms with van der Waals surface area (Å²) in [6.45, 7) is 5.42. The molecule has 2 rings (SSSR count). The highest BCUT2D eigenvalue weighted by molar-refractivity contribution is 7.89. The predicted molar refractivity (Wildman–Crippen MR) is 70.0 cm³/mol. The summed E-state index contributed by atoms with van der Waals surface area (Å²) in [6, 6.07) is -0.168. The number of nitrogens with zero attached hydrogens (tertiary/aromatic N) is 3.